The first-order valence-corrected chi connectivity index (χ1v) is 0.482. The molecule has 3 nitrogen and oxygen atoms in total. The third-order valence-corrected chi connectivity index (χ3v) is 0. The predicted octanol–water partition coefficient (Wildman–Crippen LogP) is -0.0276. The molecule has 4 heavy (non-hydrogen) atoms. The van der Waals surface area contributed by atoms with Crippen molar-refractivity contribution in [1.82, 2.24) is 0 Å². The summed E-state index contributed by atoms with van der Waals surface area (Å²) in [6.07, 6.45) is 0. The van der Waals surface area contributed by atoms with Crippen molar-refractivity contribution in [2.24, 2.45) is 11.1 Å². The molecule has 3 N–H and O–H groups in total. The zero-order valence-corrected chi connectivity index (χ0v) is 2.02. The van der Waals surface area contributed by atoms with E-state index in [0.717, 1.165) is 0 Å². The first-order chi connectivity index (χ1) is 1.41. The molecule has 0 amide bonds. The molecule has 22 valence electrons. The minimum atomic E-state index is 0. The zero-order chi connectivity index (χ0) is 2.71. The van der Waals surface area contributed by atoms with Crippen LogP contribution in [0.2, 0.25) is 0 Å². The van der Waals surface area contributed by atoms with Gasteiger partial charge in [0.25, 0.3) is 0 Å². The van der Waals surface area contributed by atoms with Crippen molar-refractivity contribution in [3.05, 3.63) is 7.43 Å². The number of nitrogens with one attached hydrogen (secondary N) is 1. The van der Waals surface area contributed by atoms with E-state index in [0.29, 0.717) is 0 Å². The lowest BCUT2D eigenvalue weighted by Gasteiger charge is -1.40. The monoisotopic (exact) mass is 57.0 g/mol. The van der Waals surface area contributed by atoms with Crippen LogP contribution in [0.3, 0.4) is 0 Å². The largest absolute Gasteiger partial charge is 0.305 e. The van der Waals surface area contributed by atoms with Gasteiger partial charge >= 0.3 is 0 Å². The van der Waals surface area contributed by atoms with Gasteiger partial charge < -0.3 is 5.84 Å². The quantitative estimate of drug-likeness (QED) is 0.229. The van der Waals surface area contributed by atoms with Crippen LogP contribution < -0.4 is 5.84 Å². The van der Waals surface area contributed by atoms with Gasteiger partial charge in [0.1, 0.15) is 0 Å². The van der Waals surface area contributed by atoms with Crippen molar-refractivity contribution in [1.29, 1.82) is 5.53 Å². The Balaban J connectivity index is 0. The van der Waals surface area contributed by atoms with E-state index >= 15 is 0 Å². The van der Waals surface area contributed by atoms with E-state index in [1.165, 1.54) is 0 Å². The topological polar surface area (TPSA) is 62.2 Å². The molecule has 3 heteroatoms. The summed E-state index contributed by atoms with van der Waals surface area (Å²) in [6.45, 7) is 0. The average molecular weight is 57.1 g/mol. The van der Waals surface area contributed by atoms with Crippen LogP contribution in [-0.4, -0.2) is 0 Å². The molecule has 0 heterocycles. The first-order valence-electron chi connectivity index (χ1n) is 0.482. The second-order valence-corrected chi connectivity index (χ2v) is 0.129. The fourth-order valence-corrected chi connectivity index (χ4v) is 0. The van der Waals surface area contributed by atoms with Gasteiger partial charge in [-0.1, -0.05) is 5.22 Å². The smallest absolute Gasteiger partial charge is 0 e. The van der Waals surface area contributed by atoms with Gasteiger partial charge in [-0.05, 0) is 0 Å². The molecule has 0 spiro atoms. The Morgan fingerprint density at radius 1 is 1.75 bits per heavy atom. The van der Waals surface area contributed by atoms with Crippen molar-refractivity contribution in [2.45, 2.75) is 0 Å². The van der Waals surface area contributed by atoms with Crippen LogP contribution >= 0.6 is 0 Å². The molecule has 4 radical (unpaired) electrons. The van der Waals surface area contributed by atoms with Gasteiger partial charge in [-0.15, -0.1) is 0 Å². The van der Waals surface area contributed by atoms with Crippen LogP contribution in [0.15, 0.2) is 5.22 Å². The summed E-state index contributed by atoms with van der Waals surface area (Å²) in [5.74, 6) is 4.14. The lowest BCUT2D eigenvalue weighted by Crippen LogP contribution is -1.66. The van der Waals surface area contributed by atoms with E-state index in [1.54, 1.807) is 0 Å². The number of nitrogens with two attached hydrogens (primary N) is 1. The fraction of sp³-hybridized carbons (Fsp3) is 0. The molecular weight excluding hydrogens is 54.0 g/mol. The highest BCUT2D eigenvalue weighted by Gasteiger charge is 1.05. The second kappa shape index (κ2) is 29.4. The number of nitrogens with zero attached hydrogens (tertiary/aromatic N) is 1. The van der Waals surface area contributed by atoms with Gasteiger partial charge in [0.15, 0.2) is 0 Å². The summed E-state index contributed by atoms with van der Waals surface area (Å²) in [5, 5.41) is 2.25. The molecule has 0 aliphatic carbocycles. The average Bonchev–Trinajstić information content (AvgIpc) is 0.918. The first kappa shape index (κ1) is 9.99. The SMILES string of the molecule is N=NN.[C]. The van der Waals surface area contributed by atoms with E-state index in [2.05, 4.69) is 11.1 Å². The Morgan fingerprint density at radius 3 is 1.75 bits per heavy atom. The van der Waals surface area contributed by atoms with Gasteiger partial charge in [0.05, 0.1) is 0 Å². The van der Waals surface area contributed by atoms with E-state index in [4.69, 9.17) is 5.53 Å². The molecule has 0 aromatic rings. The Bertz CT molecular complexity index is 10.8. The lowest BCUT2D eigenvalue weighted by molar-refractivity contribution is 0.991. The Kier molecular flexibility index (Phi) is 73.4. The molecule has 0 rings (SSSR count). The van der Waals surface area contributed by atoms with E-state index < -0.39 is 0 Å². The molecule has 0 saturated carbocycles. The lowest BCUT2D eigenvalue weighted by atomic mass is 12.0. The summed E-state index contributed by atoms with van der Waals surface area (Å²) in [4.78, 5) is 0. The Labute approximate surface area is 25.3 Å². The van der Waals surface area contributed by atoms with E-state index in [9.17, 15) is 0 Å². The summed E-state index contributed by atoms with van der Waals surface area (Å²) in [7, 11) is 0. The summed E-state index contributed by atoms with van der Waals surface area (Å²) in [6, 6.07) is 0. The van der Waals surface area contributed by atoms with Crippen LogP contribution in [0, 0.1) is 13.0 Å². The third kappa shape index (κ3) is 0.622. The molecule has 0 unspecified atom stereocenters. The van der Waals surface area contributed by atoms with Crippen molar-refractivity contribution >= 4 is 0 Å². The predicted molar refractivity (Wildman–Crippen MR) is 12.6 cm³/mol. The maximum atomic E-state index is 5.61. The molecule has 0 bridgehead atoms. The second-order valence-electron chi connectivity index (χ2n) is 0.129. The highest BCUT2D eigenvalue weighted by Crippen LogP contribution is 1.13. The maximum absolute atomic E-state index is 5.61. The normalized spacial score (nSPS) is 3.00. The van der Waals surface area contributed by atoms with Crippen LogP contribution in [0.4, 0.5) is 0 Å². The molecular formula is CH3N3. The molecule has 0 aromatic heterocycles. The van der Waals surface area contributed by atoms with Crippen molar-refractivity contribution in [2.75, 3.05) is 0 Å². The number of hydrogen-bond donors (Lipinski definition) is 2. The highest BCUT2D eigenvalue weighted by atomic mass is 15.2. The molecule has 0 fully saturated rings. The molecule has 0 atom stereocenters. The Morgan fingerprint density at radius 2 is 1.75 bits per heavy atom. The minimum absolute atomic E-state index is 0. The van der Waals surface area contributed by atoms with E-state index in [1.807, 2.05) is 0 Å². The molecule has 0 saturated heterocycles. The highest BCUT2D eigenvalue weighted by molar-refractivity contribution is 3.51. The molecule has 0 aromatic carbocycles. The fourth-order valence-electron chi connectivity index (χ4n) is 0. The van der Waals surface area contributed by atoms with E-state index in [-0.39, 0.29) is 7.43 Å². The summed E-state index contributed by atoms with van der Waals surface area (Å²) >= 11 is 0. The van der Waals surface area contributed by atoms with Crippen molar-refractivity contribution in [3.63, 3.8) is 0 Å². The minimum Gasteiger partial charge on any atom is -0.305 e. The van der Waals surface area contributed by atoms with Gasteiger partial charge in [-0.25, -0.2) is 0 Å². The standard InChI is InChI=1S/C.H3N3/c;1-3-2/h;(H3,1,2). The van der Waals surface area contributed by atoms with Gasteiger partial charge in [0.2, 0.25) is 0 Å². The summed E-state index contributed by atoms with van der Waals surface area (Å²) < 4.78 is 0. The van der Waals surface area contributed by atoms with Gasteiger partial charge in [0, 0.05) is 7.43 Å². The van der Waals surface area contributed by atoms with Crippen molar-refractivity contribution in [3.8, 4) is 0 Å². The van der Waals surface area contributed by atoms with Crippen molar-refractivity contribution < 1.29 is 0 Å². The Hall–Kier alpha value is -0.600. The van der Waals surface area contributed by atoms with Crippen LogP contribution in [0.25, 0.3) is 0 Å². The molecule has 0 aliphatic rings. The third-order valence-electron chi connectivity index (χ3n) is 0. The zero-order valence-electron chi connectivity index (χ0n) is 2.02. The molecule has 0 aliphatic heterocycles. The van der Waals surface area contributed by atoms with Gasteiger partial charge in [-0.2, -0.15) is 5.53 Å². The van der Waals surface area contributed by atoms with Gasteiger partial charge in [-0.3, -0.25) is 0 Å². The van der Waals surface area contributed by atoms with Crippen LogP contribution in [0.1, 0.15) is 0 Å². The van der Waals surface area contributed by atoms with Crippen LogP contribution in [-0.2, 0) is 0 Å². The number of hydrogen-bond acceptors (Lipinski definition) is 2. The number of rotatable bonds is 0. The maximum Gasteiger partial charge on any atom is 0 e. The summed E-state index contributed by atoms with van der Waals surface area (Å²) in [5.41, 5.74) is 5.61. The van der Waals surface area contributed by atoms with Crippen LogP contribution in [0.5, 0.6) is 0 Å².